The first-order valence-electron chi connectivity index (χ1n) is 6.65. The van der Waals surface area contributed by atoms with Crippen LogP contribution >= 0.6 is 11.3 Å². The predicted molar refractivity (Wildman–Crippen MR) is 81.3 cm³/mol. The number of aromatic nitrogens is 2. The lowest BCUT2D eigenvalue weighted by atomic mass is 10.1. The van der Waals surface area contributed by atoms with Crippen molar-refractivity contribution in [3.8, 4) is 10.6 Å². The summed E-state index contributed by atoms with van der Waals surface area (Å²) in [5.74, 6) is 0. The van der Waals surface area contributed by atoms with Crippen molar-refractivity contribution in [1.29, 1.82) is 0 Å². The second-order valence-corrected chi connectivity index (χ2v) is 6.68. The molecule has 0 saturated heterocycles. The molecule has 19 heavy (non-hydrogen) atoms. The van der Waals surface area contributed by atoms with Gasteiger partial charge in [0.1, 0.15) is 10.0 Å². The summed E-state index contributed by atoms with van der Waals surface area (Å²) in [6.45, 7) is 9.40. The van der Waals surface area contributed by atoms with Gasteiger partial charge in [0.05, 0.1) is 6.54 Å². The third-order valence-electron chi connectivity index (χ3n) is 2.87. The summed E-state index contributed by atoms with van der Waals surface area (Å²) in [5, 5.41) is 14.1. The minimum absolute atomic E-state index is 0.104. The van der Waals surface area contributed by atoms with Crippen molar-refractivity contribution in [2.75, 3.05) is 0 Å². The summed E-state index contributed by atoms with van der Waals surface area (Å²) in [4.78, 5) is 0. The van der Waals surface area contributed by atoms with Crippen LogP contribution in [0.1, 0.15) is 38.3 Å². The van der Waals surface area contributed by atoms with Crippen LogP contribution in [-0.4, -0.2) is 15.7 Å². The Labute approximate surface area is 119 Å². The average molecular weight is 275 g/mol. The maximum atomic E-state index is 4.32. The maximum Gasteiger partial charge on any atom is 0.148 e. The number of nitrogens with one attached hydrogen (secondary N) is 1. The summed E-state index contributed by atoms with van der Waals surface area (Å²) in [6.07, 6.45) is 1.02. The number of hydrogen-bond acceptors (Lipinski definition) is 4. The molecule has 2 aromatic rings. The molecule has 0 unspecified atom stereocenters. The smallest absolute Gasteiger partial charge is 0.148 e. The molecule has 0 aliphatic heterocycles. The molecule has 2 rings (SSSR count). The molecule has 0 amide bonds. The molecule has 1 heterocycles. The average Bonchev–Trinajstić information content (AvgIpc) is 2.84. The van der Waals surface area contributed by atoms with Crippen molar-refractivity contribution in [3.63, 3.8) is 0 Å². The van der Waals surface area contributed by atoms with Crippen LogP contribution in [-0.2, 0) is 13.0 Å². The van der Waals surface area contributed by atoms with E-state index >= 15 is 0 Å². The monoisotopic (exact) mass is 275 g/mol. The number of aryl methyl sites for hydroxylation is 1. The van der Waals surface area contributed by atoms with E-state index in [1.165, 1.54) is 11.1 Å². The van der Waals surface area contributed by atoms with Crippen molar-refractivity contribution in [3.05, 3.63) is 34.8 Å². The molecular weight excluding hydrogens is 254 g/mol. The molecule has 0 aliphatic carbocycles. The molecular formula is C15H21N3S. The zero-order valence-corrected chi connectivity index (χ0v) is 12.8. The first-order chi connectivity index (χ1) is 8.99. The van der Waals surface area contributed by atoms with Gasteiger partial charge < -0.3 is 5.32 Å². The summed E-state index contributed by atoms with van der Waals surface area (Å²) < 4.78 is 0. The van der Waals surface area contributed by atoms with Crippen molar-refractivity contribution in [2.45, 2.75) is 46.2 Å². The Kier molecular flexibility index (Phi) is 4.32. The Morgan fingerprint density at radius 1 is 1.16 bits per heavy atom. The number of hydrogen-bond donors (Lipinski definition) is 1. The molecule has 1 aromatic heterocycles. The van der Waals surface area contributed by atoms with Crippen molar-refractivity contribution in [1.82, 2.24) is 15.5 Å². The second kappa shape index (κ2) is 5.80. The highest BCUT2D eigenvalue weighted by atomic mass is 32.1. The van der Waals surface area contributed by atoms with E-state index in [2.05, 4.69) is 67.5 Å². The van der Waals surface area contributed by atoms with Crippen LogP contribution in [0.25, 0.3) is 10.6 Å². The van der Waals surface area contributed by atoms with Crippen molar-refractivity contribution >= 4 is 11.3 Å². The molecule has 0 spiro atoms. The van der Waals surface area contributed by atoms with Crippen molar-refractivity contribution < 1.29 is 0 Å². The highest BCUT2D eigenvalue weighted by Gasteiger charge is 2.13. The quantitative estimate of drug-likeness (QED) is 0.925. The summed E-state index contributed by atoms with van der Waals surface area (Å²) >= 11 is 1.67. The van der Waals surface area contributed by atoms with E-state index in [1.54, 1.807) is 11.3 Å². The zero-order valence-electron chi connectivity index (χ0n) is 12.0. The Balaban J connectivity index is 2.17. The molecule has 0 bridgehead atoms. The largest absolute Gasteiger partial charge is 0.306 e. The van der Waals surface area contributed by atoms with E-state index in [0.717, 1.165) is 23.0 Å². The van der Waals surface area contributed by atoms with E-state index in [9.17, 15) is 0 Å². The van der Waals surface area contributed by atoms with Gasteiger partial charge in [-0.1, -0.05) is 42.5 Å². The number of benzene rings is 1. The van der Waals surface area contributed by atoms with Crippen molar-refractivity contribution in [2.24, 2.45) is 0 Å². The molecule has 0 atom stereocenters. The van der Waals surface area contributed by atoms with Gasteiger partial charge in [0.2, 0.25) is 0 Å². The van der Waals surface area contributed by atoms with Gasteiger partial charge in [0, 0.05) is 11.1 Å². The first-order valence-corrected chi connectivity index (χ1v) is 7.47. The van der Waals surface area contributed by atoms with Gasteiger partial charge in [-0.05, 0) is 32.8 Å². The molecule has 3 nitrogen and oxygen atoms in total. The molecule has 4 heteroatoms. The lowest BCUT2D eigenvalue weighted by molar-refractivity contribution is 0.423. The fraction of sp³-hybridized carbons (Fsp3) is 0.467. The highest BCUT2D eigenvalue weighted by Crippen LogP contribution is 2.27. The minimum atomic E-state index is 0.104. The normalized spacial score (nSPS) is 11.8. The molecule has 0 radical (unpaired) electrons. The first kappa shape index (κ1) is 14.2. The Morgan fingerprint density at radius 2 is 1.89 bits per heavy atom. The van der Waals surface area contributed by atoms with Gasteiger partial charge in [-0.25, -0.2) is 0 Å². The molecule has 1 N–H and O–H groups in total. The third kappa shape index (κ3) is 3.85. The zero-order chi connectivity index (χ0) is 13.9. The SMILES string of the molecule is CCc1ccccc1-c1nnc(CNC(C)(C)C)s1. The number of rotatable bonds is 4. The van der Waals surface area contributed by atoms with Crippen LogP contribution < -0.4 is 5.32 Å². The highest BCUT2D eigenvalue weighted by molar-refractivity contribution is 7.14. The van der Waals surface area contributed by atoms with E-state index in [-0.39, 0.29) is 5.54 Å². The molecule has 0 saturated carbocycles. The lowest BCUT2D eigenvalue weighted by Crippen LogP contribution is -2.35. The molecule has 102 valence electrons. The predicted octanol–water partition coefficient (Wildman–Crippen LogP) is 3.66. The van der Waals surface area contributed by atoms with Gasteiger partial charge >= 0.3 is 0 Å². The van der Waals surface area contributed by atoms with Crippen LogP contribution in [0.3, 0.4) is 0 Å². The number of nitrogens with zero attached hydrogens (tertiary/aromatic N) is 2. The van der Waals surface area contributed by atoms with Crippen LogP contribution in [0.15, 0.2) is 24.3 Å². The van der Waals surface area contributed by atoms with Gasteiger partial charge in [0.25, 0.3) is 0 Å². The van der Waals surface area contributed by atoms with Crippen LogP contribution in [0.5, 0.6) is 0 Å². The summed E-state index contributed by atoms with van der Waals surface area (Å²) in [5.41, 5.74) is 2.64. The van der Waals surface area contributed by atoms with E-state index in [1.807, 2.05) is 0 Å². The fourth-order valence-electron chi connectivity index (χ4n) is 1.81. The minimum Gasteiger partial charge on any atom is -0.306 e. The third-order valence-corrected chi connectivity index (χ3v) is 3.82. The topological polar surface area (TPSA) is 37.8 Å². The lowest BCUT2D eigenvalue weighted by Gasteiger charge is -2.19. The van der Waals surface area contributed by atoms with Crippen LogP contribution in [0.2, 0.25) is 0 Å². The molecule has 0 aliphatic rings. The van der Waals surface area contributed by atoms with Gasteiger partial charge in [0.15, 0.2) is 0 Å². The van der Waals surface area contributed by atoms with Gasteiger partial charge in [-0.3, -0.25) is 0 Å². The van der Waals surface area contributed by atoms with E-state index < -0.39 is 0 Å². The summed E-state index contributed by atoms with van der Waals surface area (Å²) in [6, 6.07) is 8.42. The molecule has 0 fully saturated rings. The molecule has 1 aromatic carbocycles. The summed E-state index contributed by atoms with van der Waals surface area (Å²) in [7, 11) is 0. The fourth-order valence-corrected chi connectivity index (χ4v) is 2.65. The van der Waals surface area contributed by atoms with Crippen LogP contribution in [0.4, 0.5) is 0 Å². The second-order valence-electron chi connectivity index (χ2n) is 5.62. The Morgan fingerprint density at radius 3 is 2.58 bits per heavy atom. The van der Waals surface area contributed by atoms with E-state index in [0.29, 0.717) is 0 Å². The Hall–Kier alpha value is -1.26. The van der Waals surface area contributed by atoms with E-state index in [4.69, 9.17) is 0 Å². The van der Waals surface area contributed by atoms with Gasteiger partial charge in [-0.2, -0.15) is 0 Å². The van der Waals surface area contributed by atoms with Gasteiger partial charge in [-0.15, -0.1) is 10.2 Å². The Bertz CT molecular complexity index is 540. The van der Waals surface area contributed by atoms with Crippen LogP contribution in [0, 0.1) is 0 Å². The maximum absolute atomic E-state index is 4.32. The standard InChI is InChI=1S/C15H21N3S/c1-5-11-8-6-7-9-12(11)14-18-17-13(19-14)10-16-15(2,3)4/h6-9,16H,5,10H2,1-4H3.